The first-order chi connectivity index (χ1) is 15.1. The van der Waals surface area contributed by atoms with E-state index in [0.29, 0.717) is 29.7 Å². The number of Topliss-reactive ketones (excluding diaryl/α,β-unsaturated/α-hetero) is 1. The molecule has 2 atom stereocenters. The number of ether oxygens (including phenoxy) is 2. The average molecular weight is 460 g/mol. The van der Waals surface area contributed by atoms with E-state index in [-0.39, 0.29) is 39.8 Å². The Morgan fingerprint density at radius 2 is 1.91 bits per heavy atom. The van der Waals surface area contributed by atoms with Crippen molar-refractivity contribution < 1.29 is 24.2 Å². The first kappa shape index (κ1) is 22.8. The van der Waals surface area contributed by atoms with E-state index in [9.17, 15) is 14.7 Å². The van der Waals surface area contributed by atoms with Gasteiger partial charge in [0.25, 0.3) is 0 Å². The van der Waals surface area contributed by atoms with E-state index >= 15 is 0 Å². The molecule has 7 heteroatoms. The van der Waals surface area contributed by atoms with Gasteiger partial charge in [-0.1, -0.05) is 25.4 Å². The highest BCUT2D eigenvalue weighted by atomic mass is 35.5. The standard InChI is InChI=1S/C25H30ClNO5/c1-13-20(24(30)32-15-7-5-6-8-15)21(14-9-16(26)23(29)19(10-14)31-4)22-17(27-13)11-25(2,3)12-18(22)28/h9-10,15,20-21,29H,5-8,11-12H2,1-4H3/t20?,21-/m1/s1. The zero-order valence-electron chi connectivity index (χ0n) is 19.0. The number of aromatic hydroxyl groups is 1. The second-order valence-corrected chi connectivity index (χ2v) is 10.3. The highest BCUT2D eigenvalue weighted by Crippen LogP contribution is 2.50. The lowest BCUT2D eigenvalue weighted by molar-refractivity contribution is -0.151. The topological polar surface area (TPSA) is 85.2 Å². The minimum atomic E-state index is -0.732. The molecule has 0 aromatic heterocycles. The molecule has 1 unspecified atom stereocenters. The molecule has 32 heavy (non-hydrogen) atoms. The Morgan fingerprint density at radius 1 is 1.22 bits per heavy atom. The molecule has 1 aromatic carbocycles. The number of ketones is 1. The molecule has 3 aliphatic rings. The van der Waals surface area contributed by atoms with Gasteiger partial charge in [-0.25, -0.2) is 0 Å². The summed E-state index contributed by atoms with van der Waals surface area (Å²) in [5, 5.41) is 10.3. The summed E-state index contributed by atoms with van der Waals surface area (Å²) < 4.78 is 11.2. The second-order valence-electron chi connectivity index (χ2n) is 9.91. The van der Waals surface area contributed by atoms with E-state index in [2.05, 4.69) is 13.8 Å². The largest absolute Gasteiger partial charge is 0.503 e. The molecule has 1 heterocycles. The van der Waals surface area contributed by atoms with Crippen LogP contribution in [0.2, 0.25) is 5.02 Å². The zero-order valence-corrected chi connectivity index (χ0v) is 19.8. The quantitative estimate of drug-likeness (QED) is 0.613. The SMILES string of the molecule is COc1cc([C@H]2C3=C(CC(C)(C)CC3=O)N=C(C)C2C(=O)OC2CCCC2)cc(Cl)c1O. The highest BCUT2D eigenvalue weighted by molar-refractivity contribution is 6.32. The Labute approximate surface area is 193 Å². The van der Waals surface area contributed by atoms with Gasteiger partial charge in [-0.3, -0.25) is 14.6 Å². The number of phenols is 1. The first-order valence-electron chi connectivity index (χ1n) is 11.2. The number of phenolic OH excluding ortho intramolecular Hbond substituents is 1. The van der Waals surface area contributed by atoms with Crippen LogP contribution >= 0.6 is 11.6 Å². The van der Waals surface area contributed by atoms with Crippen LogP contribution in [0.1, 0.15) is 70.8 Å². The Bertz CT molecular complexity index is 1020. The maximum absolute atomic E-state index is 13.4. The smallest absolute Gasteiger partial charge is 0.315 e. The maximum atomic E-state index is 13.4. The summed E-state index contributed by atoms with van der Waals surface area (Å²) in [5.41, 5.74) is 2.33. The molecule has 0 bridgehead atoms. The van der Waals surface area contributed by atoms with Crippen molar-refractivity contribution in [2.75, 3.05) is 7.11 Å². The number of rotatable bonds is 4. The molecule has 172 valence electrons. The maximum Gasteiger partial charge on any atom is 0.315 e. The summed E-state index contributed by atoms with van der Waals surface area (Å²) in [6.45, 7) is 5.92. The summed E-state index contributed by atoms with van der Waals surface area (Å²) in [4.78, 5) is 31.5. The first-order valence-corrected chi connectivity index (χ1v) is 11.6. The van der Waals surface area contributed by atoms with Crippen molar-refractivity contribution in [3.05, 3.63) is 34.0 Å². The Balaban J connectivity index is 1.84. The van der Waals surface area contributed by atoms with E-state index in [0.717, 1.165) is 31.4 Å². The van der Waals surface area contributed by atoms with Gasteiger partial charge in [0.1, 0.15) is 12.0 Å². The molecule has 1 fully saturated rings. The number of nitrogens with zero attached hydrogens (tertiary/aromatic N) is 1. The number of hydrogen-bond donors (Lipinski definition) is 1. The number of carbonyl (C=O) groups is 2. The summed E-state index contributed by atoms with van der Waals surface area (Å²) in [5.74, 6) is -1.68. The summed E-state index contributed by atoms with van der Waals surface area (Å²) in [6, 6.07) is 3.26. The Morgan fingerprint density at radius 3 is 2.56 bits per heavy atom. The van der Waals surface area contributed by atoms with Gasteiger partial charge < -0.3 is 14.6 Å². The van der Waals surface area contributed by atoms with Crippen molar-refractivity contribution in [3.63, 3.8) is 0 Å². The molecule has 6 nitrogen and oxygen atoms in total. The molecular weight excluding hydrogens is 430 g/mol. The predicted octanol–water partition coefficient (Wildman–Crippen LogP) is 5.36. The number of esters is 1. The fourth-order valence-electron chi connectivity index (χ4n) is 5.28. The molecule has 1 N–H and O–H groups in total. The number of hydrogen-bond acceptors (Lipinski definition) is 6. The van der Waals surface area contributed by atoms with Gasteiger partial charge in [0.15, 0.2) is 17.3 Å². The summed E-state index contributed by atoms with van der Waals surface area (Å²) in [6.07, 6.45) is 4.75. The molecule has 4 rings (SSSR count). The molecular formula is C25H30ClNO5. The third kappa shape index (κ3) is 4.17. The number of methoxy groups -OCH3 is 1. The van der Waals surface area contributed by atoms with Gasteiger partial charge >= 0.3 is 5.97 Å². The monoisotopic (exact) mass is 459 g/mol. The minimum Gasteiger partial charge on any atom is -0.503 e. The number of carbonyl (C=O) groups excluding carboxylic acids is 2. The van der Waals surface area contributed by atoms with Crippen LogP contribution in [0.5, 0.6) is 11.5 Å². The average Bonchev–Trinajstić information content (AvgIpc) is 3.20. The Kier molecular flexibility index (Phi) is 6.10. The van der Waals surface area contributed by atoms with Crippen LogP contribution < -0.4 is 4.74 Å². The van der Waals surface area contributed by atoms with Gasteiger partial charge in [-0.05, 0) is 62.1 Å². The lowest BCUT2D eigenvalue weighted by atomic mass is 9.67. The number of aliphatic imine (C=N–C) groups is 1. The molecule has 2 aliphatic carbocycles. The fraction of sp³-hybridized carbons (Fsp3) is 0.560. The van der Waals surface area contributed by atoms with E-state index in [1.54, 1.807) is 12.1 Å². The van der Waals surface area contributed by atoms with Gasteiger partial charge in [-0.15, -0.1) is 0 Å². The van der Waals surface area contributed by atoms with Crippen LogP contribution in [0.3, 0.4) is 0 Å². The summed E-state index contributed by atoms with van der Waals surface area (Å²) >= 11 is 6.30. The third-order valence-electron chi connectivity index (χ3n) is 6.77. The van der Waals surface area contributed by atoms with E-state index in [1.807, 2.05) is 6.92 Å². The van der Waals surface area contributed by atoms with Crippen molar-refractivity contribution in [2.24, 2.45) is 16.3 Å². The van der Waals surface area contributed by atoms with Crippen molar-refractivity contribution in [1.29, 1.82) is 0 Å². The second kappa shape index (κ2) is 8.54. The van der Waals surface area contributed by atoms with E-state index in [4.69, 9.17) is 26.1 Å². The van der Waals surface area contributed by atoms with Crippen molar-refractivity contribution in [1.82, 2.24) is 0 Å². The molecule has 0 saturated heterocycles. The van der Waals surface area contributed by atoms with Crippen LogP contribution in [0.4, 0.5) is 0 Å². The molecule has 0 radical (unpaired) electrons. The van der Waals surface area contributed by atoms with Crippen LogP contribution in [-0.4, -0.2) is 35.8 Å². The van der Waals surface area contributed by atoms with Crippen LogP contribution in [0.15, 0.2) is 28.4 Å². The normalized spacial score (nSPS) is 25.4. The molecule has 0 amide bonds. The number of benzene rings is 1. The number of halogens is 1. The van der Waals surface area contributed by atoms with Crippen molar-refractivity contribution in [2.45, 2.75) is 71.3 Å². The van der Waals surface area contributed by atoms with Crippen molar-refractivity contribution >= 4 is 29.1 Å². The van der Waals surface area contributed by atoms with Crippen LogP contribution in [0, 0.1) is 11.3 Å². The third-order valence-corrected chi connectivity index (χ3v) is 7.06. The van der Waals surface area contributed by atoms with Gasteiger partial charge in [0.2, 0.25) is 0 Å². The van der Waals surface area contributed by atoms with Gasteiger partial charge in [0.05, 0.1) is 12.1 Å². The van der Waals surface area contributed by atoms with Gasteiger partial charge in [0, 0.05) is 29.3 Å². The van der Waals surface area contributed by atoms with E-state index in [1.165, 1.54) is 7.11 Å². The van der Waals surface area contributed by atoms with Crippen LogP contribution in [0.25, 0.3) is 0 Å². The predicted molar refractivity (Wildman–Crippen MR) is 122 cm³/mol. The molecule has 1 saturated carbocycles. The fourth-order valence-corrected chi connectivity index (χ4v) is 5.50. The minimum absolute atomic E-state index is 0.0145. The van der Waals surface area contributed by atoms with Gasteiger partial charge in [-0.2, -0.15) is 0 Å². The van der Waals surface area contributed by atoms with Crippen molar-refractivity contribution in [3.8, 4) is 11.5 Å². The lowest BCUT2D eigenvalue weighted by Crippen LogP contribution is -2.40. The zero-order chi connectivity index (χ0) is 23.2. The van der Waals surface area contributed by atoms with Crippen LogP contribution in [-0.2, 0) is 14.3 Å². The number of allylic oxidation sites excluding steroid dienone is 2. The Hall–Kier alpha value is -2.34. The lowest BCUT2D eigenvalue weighted by Gasteiger charge is -2.39. The molecule has 1 aromatic rings. The van der Waals surface area contributed by atoms with E-state index < -0.39 is 11.8 Å². The molecule has 1 aliphatic heterocycles. The molecule has 0 spiro atoms. The highest BCUT2D eigenvalue weighted by Gasteiger charge is 2.46. The summed E-state index contributed by atoms with van der Waals surface area (Å²) in [7, 11) is 1.44.